The van der Waals surface area contributed by atoms with Crippen LogP contribution >= 0.6 is 0 Å². The molecule has 0 aromatic rings. The molecule has 45 heavy (non-hydrogen) atoms. The van der Waals surface area contributed by atoms with Crippen LogP contribution in [0.2, 0.25) is 0 Å². The molecule has 4 rings (SSSR count). The number of methoxy groups -OCH3 is 1. The van der Waals surface area contributed by atoms with Gasteiger partial charge in [-0.05, 0) is 6.92 Å². The zero-order chi connectivity index (χ0) is 33.3. The van der Waals surface area contributed by atoms with Gasteiger partial charge in [0, 0.05) is 7.11 Å². The molecule has 0 aromatic carbocycles. The predicted molar refractivity (Wildman–Crippen MR) is 137 cm³/mol. The van der Waals surface area contributed by atoms with Gasteiger partial charge in [0.25, 0.3) is 0 Å². The van der Waals surface area contributed by atoms with E-state index in [1.165, 1.54) is 14.0 Å². The molecular weight excluding hydrogens is 620 g/mol. The van der Waals surface area contributed by atoms with Gasteiger partial charge in [0.05, 0.1) is 25.9 Å². The summed E-state index contributed by atoms with van der Waals surface area (Å²) >= 11 is 0. The lowest BCUT2D eigenvalue weighted by Gasteiger charge is -2.49. The third kappa shape index (κ3) is 7.45. The van der Waals surface area contributed by atoms with Crippen molar-refractivity contribution in [2.75, 3.05) is 26.9 Å². The van der Waals surface area contributed by atoms with Crippen molar-refractivity contribution in [2.45, 2.75) is 130 Å². The molecule has 11 unspecified atom stereocenters. The van der Waals surface area contributed by atoms with E-state index in [-0.39, 0.29) is 0 Å². The topological polar surface area (TPSA) is 317 Å². The quantitative estimate of drug-likeness (QED) is 0.103. The first kappa shape index (κ1) is 37.0. The molecule has 0 saturated carbocycles. The van der Waals surface area contributed by atoms with E-state index in [0.717, 1.165) is 0 Å². The minimum Gasteiger partial charge on any atom is -0.394 e. The summed E-state index contributed by atoms with van der Waals surface area (Å²) in [5.41, 5.74) is 0. The first-order valence-electron chi connectivity index (χ1n) is 14.4. The molecule has 20 nitrogen and oxygen atoms in total. The van der Waals surface area contributed by atoms with Crippen molar-refractivity contribution in [3.63, 3.8) is 0 Å². The Morgan fingerprint density at radius 3 is 1.40 bits per heavy atom. The summed E-state index contributed by atoms with van der Waals surface area (Å²) in [5, 5.41) is 125. The Labute approximate surface area is 256 Å². The molecule has 12 N–H and O–H groups in total. The third-order valence-electron chi connectivity index (χ3n) is 8.38. The highest BCUT2D eigenvalue weighted by Crippen LogP contribution is 2.34. The Bertz CT molecular complexity index is 916. The molecule has 4 aliphatic heterocycles. The summed E-state index contributed by atoms with van der Waals surface area (Å²) in [7, 11) is 1.24. The van der Waals surface area contributed by atoms with Crippen molar-refractivity contribution in [1.29, 1.82) is 0 Å². The molecule has 0 aliphatic carbocycles. The van der Waals surface area contributed by atoms with E-state index in [1.54, 1.807) is 0 Å². The van der Waals surface area contributed by atoms with E-state index in [4.69, 9.17) is 37.9 Å². The maximum absolute atomic E-state index is 11.2. The number of rotatable bonds is 10. The SMILES string of the molecule is CO[C@@H]1OC(C)[C@H](O)C(O[C@@H]2OC(CO)[C@@H](O)C(O[C@@H]3OC(CO)[C@@H](O)C(O)C3O[C@H]3OC(CO)[C@@H](O)C(O)C3O)C2O)[C@@H]1O. The number of hydrogen-bond acceptors (Lipinski definition) is 20. The van der Waals surface area contributed by atoms with Gasteiger partial charge in [-0.1, -0.05) is 0 Å². The van der Waals surface area contributed by atoms with Gasteiger partial charge in [0.2, 0.25) is 0 Å². The van der Waals surface area contributed by atoms with Gasteiger partial charge >= 0.3 is 0 Å². The number of aliphatic hydroxyl groups excluding tert-OH is 12. The van der Waals surface area contributed by atoms with Crippen LogP contribution in [-0.4, -0.2) is 211 Å². The van der Waals surface area contributed by atoms with Crippen LogP contribution in [0.15, 0.2) is 0 Å². The molecule has 20 atom stereocenters. The second-order valence-electron chi connectivity index (χ2n) is 11.3. The van der Waals surface area contributed by atoms with Crippen LogP contribution in [0.1, 0.15) is 6.92 Å². The van der Waals surface area contributed by atoms with Gasteiger partial charge < -0.3 is 99.2 Å². The molecule has 4 fully saturated rings. The molecule has 20 heteroatoms. The van der Waals surface area contributed by atoms with Crippen molar-refractivity contribution in [3.05, 3.63) is 0 Å². The average Bonchev–Trinajstić information content (AvgIpc) is 3.03. The average molecular weight is 665 g/mol. The molecule has 4 saturated heterocycles. The Balaban J connectivity index is 1.58. The fourth-order valence-corrected chi connectivity index (χ4v) is 5.63. The van der Waals surface area contributed by atoms with E-state index in [2.05, 4.69) is 0 Å². The van der Waals surface area contributed by atoms with E-state index >= 15 is 0 Å². The van der Waals surface area contributed by atoms with Gasteiger partial charge in [0.15, 0.2) is 25.2 Å². The lowest BCUT2D eigenvalue weighted by Crippen LogP contribution is -2.67. The van der Waals surface area contributed by atoms with E-state index in [9.17, 15) is 61.3 Å². The smallest absolute Gasteiger partial charge is 0.187 e. The Morgan fingerprint density at radius 1 is 0.422 bits per heavy atom. The molecule has 0 amide bonds. The second kappa shape index (κ2) is 15.6. The van der Waals surface area contributed by atoms with Gasteiger partial charge in [-0.15, -0.1) is 0 Å². The van der Waals surface area contributed by atoms with E-state index in [0.29, 0.717) is 0 Å². The van der Waals surface area contributed by atoms with Crippen molar-refractivity contribution >= 4 is 0 Å². The molecule has 0 aromatic heterocycles. The summed E-state index contributed by atoms with van der Waals surface area (Å²) in [5.74, 6) is 0. The maximum atomic E-state index is 11.2. The van der Waals surface area contributed by atoms with Crippen molar-refractivity contribution in [3.8, 4) is 0 Å². The highest BCUT2D eigenvalue weighted by atomic mass is 16.8. The molecule has 0 radical (unpaired) electrons. The largest absolute Gasteiger partial charge is 0.394 e. The molecule has 4 aliphatic rings. The monoisotopic (exact) mass is 664 g/mol. The normalized spacial score (nSPS) is 52.9. The van der Waals surface area contributed by atoms with Crippen LogP contribution in [0.5, 0.6) is 0 Å². The van der Waals surface area contributed by atoms with Crippen LogP contribution in [0.3, 0.4) is 0 Å². The third-order valence-corrected chi connectivity index (χ3v) is 8.38. The highest BCUT2D eigenvalue weighted by molar-refractivity contribution is 4.97. The predicted octanol–water partition coefficient (Wildman–Crippen LogP) is -8.07. The summed E-state index contributed by atoms with van der Waals surface area (Å²) < 4.78 is 43.9. The zero-order valence-electron chi connectivity index (χ0n) is 24.3. The summed E-state index contributed by atoms with van der Waals surface area (Å²) in [6.07, 6.45) is -33.4. The molecule has 4 heterocycles. The fourth-order valence-electron chi connectivity index (χ4n) is 5.63. The minimum absolute atomic E-state index is 0.811. The van der Waals surface area contributed by atoms with Crippen molar-refractivity contribution in [1.82, 2.24) is 0 Å². The van der Waals surface area contributed by atoms with Crippen LogP contribution < -0.4 is 0 Å². The van der Waals surface area contributed by atoms with Gasteiger partial charge in [-0.3, -0.25) is 0 Å². The van der Waals surface area contributed by atoms with Crippen LogP contribution in [0.25, 0.3) is 0 Å². The Hall–Kier alpha value is -0.800. The van der Waals surface area contributed by atoms with Crippen LogP contribution in [0.4, 0.5) is 0 Å². The lowest BCUT2D eigenvalue weighted by atomic mass is 9.95. The molecule has 0 bridgehead atoms. The van der Waals surface area contributed by atoms with E-state index < -0.39 is 143 Å². The summed E-state index contributed by atoms with van der Waals surface area (Å²) in [4.78, 5) is 0. The van der Waals surface area contributed by atoms with Crippen LogP contribution in [-0.2, 0) is 37.9 Å². The highest BCUT2D eigenvalue weighted by Gasteiger charge is 2.55. The first-order chi connectivity index (χ1) is 21.3. The van der Waals surface area contributed by atoms with Crippen LogP contribution in [0, 0.1) is 0 Å². The van der Waals surface area contributed by atoms with Gasteiger partial charge in [-0.25, -0.2) is 0 Å². The summed E-state index contributed by atoms with van der Waals surface area (Å²) in [6.45, 7) is -1.04. The summed E-state index contributed by atoms with van der Waals surface area (Å²) in [6, 6.07) is 0. The van der Waals surface area contributed by atoms with Gasteiger partial charge in [-0.2, -0.15) is 0 Å². The maximum Gasteiger partial charge on any atom is 0.187 e. The number of hydrogen-bond donors (Lipinski definition) is 12. The van der Waals surface area contributed by atoms with Gasteiger partial charge in [0.1, 0.15) is 91.6 Å². The number of ether oxygens (including phenoxy) is 8. The molecule has 0 spiro atoms. The minimum atomic E-state index is -1.96. The standard InChI is InChI=1S/C25H44O20/c1-6-10(29)19(17(36)22(38-2)39-6)43-24-18(37)20(13(32)9(5-28)41-24)44-25-21(15(34)12(31)8(4-27)42-25)45-23-16(35)14(33)11(30)7(3-26)40-23/h6-37H,3-5H2,1-2H3/t6?,7?,8?,9?,10-,11+,12+,13+,14?,15?,16?,17-,18?,19?,20?,21?,22+,23+,24-,25-/m0/s1. The molecular formula is C25H44O20. The Morgan fingerprint density at radius 2 is 0.844 bits per heavy atom. The first-order valence-corrected chi connectivity index (χ1v) is 14.4. The molecule has 264 valence electrons. The number of aliphatic hydroxyl groups is 12. The van der Waals surface area contributed by atoms with Crippen molar-refractivity contribution in [2.24, 2.45) is 0 Å². The second-order valence-corrected chi connectivity index (χ2v) is 11.3. The van der Waals surface area contributed by atoms with E-state index in [1.807, 2.05) is 0 Å². The lowest BCUT2D eigenvalue weighted by molar-refractivity contribution is -0.395. The van der Waals surface area contributed by atoms with Crippen molar-refractivity contribution < 1.29 is 99.2 Å². The fraction of sp³-hybridized carbons (Fsp3) is 1.00. The Kier molecular flexibility index (Phi) is 12.8. The zero-order valence-corrected chi connectivity index (χ0v) is 24.3.